The fraction of sp³-hybridized carbons (Fsp3) is 0.250. The minimum absolute atomic E-state index is 0.405. The van der Waals surface area contributed by atoms with E-state index in [1.54, 1.807) is 0 Å². The quantitative estimate of drug-likeness (QED) is 0.862. The molecule has 2 aromatic rings. The minimum Gasteiger partial charge on any atom is -0.486 e. The molecule has 0 fully saturated rings. The predicted molar refractivity (Wildman–Crippen MR) is 64.5 cm³/mol. The van der Waals surface area contributed by atoms with E-state index in [2.05, 4.69) is 21.1 Å². The van der Waals surface area contributed by atoms with Crippen molar-refractivity contribution in [2.24, 2.45) is 0 Å². The molecule has 0 radical (unpaired) electrons. The van der Waals surface area contributed by atoms with Gasteiger partial charge in [-0.05, 0) is 37.6 Å². The Hall–Kier alpha value is -1.29. The fourth-order valence-electron chi connectivity index (χ4n) is 1.35. The van der Waals surface area contributed by atoms with Crippen LogP contribution in [0.4, 0.5) is 0 Å². The minimum atomic E-state index is 0.405. The third-order valence-electron chi connectivity index (χ3n) is 2.19. The molecule has 0 N–H and O–H groups in total. The number of nitrogens with zero attached hydrogens (tertiary/aromatic N) is 1. The Balaban J connectivity index is 2.02. The molecule has 1 aromatic carbocycles. The lowest BCUT2D eigenvalue weighted by Crippen LogP contribution is -1.94. The van der Waals surface area contributed by atoms with Crippen LogP contribution in [0.15, 0.2) is 33.3 Å². The van der Waals surface area contributed by atoms with E-state index in [9.17, 15) is 0 Å². The van der Waals surface area contributed by atoms with Crippen molar-refractivity contribution < 1.29 is 9.26 Å². The van der Waals surface area contributed by atoms with Crippen molar-refractivity contribution in [2.45, 2.75) is 20.5 Å². The molecular weight excluding hydrogens is 270 g/mol. The van der Waals surface area contributed by atoms with Gasteiger partial charge in [0.2, 0.25) is 0 Å². The van der Waals surface area contributed by atoms with Gasteiger partial charge in [0, 0.05) is 10.5 Å². The molecule has 0 saturated heterocycles. The van der Waals surface area contributed by atoms with Crippen molar-refractivity contribution in [1.82, 2.24) is 5.16 Å². The van der Waals surface area contributed by atoms with Gasteiger partial charge in [-0.3, -0.25) is 0 Å². The number of rotatable bonds is 3. The molecule has 0 amide bonds. The summed E-state index contributed by atoms with van der Waals surface area (Å²) in [5, 5.41) is 3.80. The van der Waals surface area contributed by atoms with Gasteiger partial charge >= 0.3 is 0 Å². The van der Waals surface area contributed by atoms with E-state index < -0.39 is 0 Å². The second-order valence-electron chi connectivity index (χ2n) is 3.63. The maximum absolute atomic E-state index is 5.59. The average Bonchev–Trinajstić information content (AvgIpc) is 2.66. The van der Waals surface area contributed by atoms with E-state index in [0.29, 0.717) is 6.61 Å². The summed E-state index contributed by atoms with van der Waals surface area (Å²) in [6, 6.07) is 7.73. The molecular formula is C12H12BrNO2. The molecule has 0 unspecified atom stereocenters. The maximum atomic E-state index is 5.59. The Labute approximate surface area is 103 Å². The number of ether oxygens (including phenoxy) is 1. The first-order chi connectivity index (χ1) is 7.65. The Morgan fingerprint density at radius 1 is 1.31 bits per heavy atom. The molecule has 3 nitrogen and oxygen atoms in total. The Morgan fingerprint density at radius 3 is 2.75 bits per heavy atom. The molecule has 1 aromatic heterocycles. The van der Waals surface area contributed by atoms with E-state index in [-0.39, 0.29) is 0 Å². The zero-order chi connectivity index (χ0) is 11.5. The number of hydrogen-bond donors (Lipinski definition) is 0. The second kappa shape index (κ2) is 4.70. The van der Waals surface area contributed by atoms with Crippen LogP contribution in [-0.4, -0.2) is 5.16 Å². The highest BCUT2D eigenvalue weighted by atomic mass is 79.9. The maximum Gasteiger partial charge on any atom is 0.174 e. The molecule has 2 rings (SSSR count). The third-order valence-corrected chi connectivity index (χ3v) is 3.08. The van der Waals surface area contributed by atoms with Gasteiger partial charge < -0.3 is 9.26 Å². The predicted octanol–water partition coefficient (Wildman–Crippen LogP) is 3.63. The highest BCUT2D eigenvalue weighted by molar-refractivity contribution is 9.10. The van der Waals surface area contributed by atoms with Crippen LogP contribution < -0.4 is 4.74 Å². The molecule has 1 heterocycles. The molecule has 0 aliphatic heterocycles. The van der Waals surface area contributed by atoms with Crippen LogP contribution in [0.2, 0.25) is 0 Å². The van der Waals surface area contributed by atoms with Crippen LogP contribution in [0.1, 0.15) is 17.0 Å². The van der Waals surface area contributed by atoms with Crippen LogP contribution >= 0.6 is 15.9 Å². The lowest BCUT2D eigenvalue weighted by Gasteiger charge is -2.05. The van der Waals surface area contributed by atoms with Crippen molar-refractivity contribution in [2.75, 3.05) is 0 Å². The summed E-state index contributed by atoms with van der Waals surface area (Å²) in [6.45, 7) is 4.31. The van der Waals surface area contributed by atoms with Crippen molar-refractivity contribution in [1.29, 1.82) is 0 Å². The van der Waals surface area contributed by atoms with E-state index in [1.807, 2.05) is 38.1 Å². The molecule has 0 bridgehead atoms. The standard InChI is InChI=1S/C12H12BrNO2/c1-8-5-10(3-4-12(8)13)15-7-11-6-9(2)14-16-11/h3-6H,7H2,1-2H3. The first-order valence-electron chi connectivity index (χ1n) is 4.96. The van der Waals surface area contributed by atoms with Crippen LogP contribution in [0, 0.1) is 13.8 Å². The van der Waals surface area contributed by atoms with Gasteiger partial charge in [-0.2, -0.15) is 0 Å². The molecule has 4 heteroatoms. The number of hydrogen-bond acceptors (Lipinski definition) is 3. The van der Waals surface area contributed by atoms with Gasteiger partial charge in [0.1, 0.15) is 12.4 Å². The number of halogens is 1. The summed E-state index contributed by atoms with van der Waals surface area (Å²) in [5.74, 6) is 1.56. The second-order valence-corrected chi connectivity index (χ2v) is 4.49. The van der Waals surface area contributed by atoms with E-state index in [1.165, 1.54) is 0 Å². The Morgan fingerprint density at radius 2 is 2.12 bits per heavy atom. The monoisotopic (exact) mass is 281 g/mol. The third kappa shape index (κ3) is 2.64. The largest absolute Gasteiger partial charge is 0.486 e. The van der Waals surface area contributed by atoms with Gasteiger partial charge in [-0.1, -0.05) is 21.1 Å². The van der Waals surface area contributed by atoms with Crippen molar-refractivity contribution in [3.8, 4) is 5.75 Å². The van der Waals surface area contributed by atoms with Crippen LogP contribution in [0.3, 0.4) is 0 Å². The molecule has 0 spiro atoms. The normalized spacial score (nSPS) is 10.4. The summed E-state index contributed by atoms with van der Waals surface area (Å²) in [5.41, 5.74) is 2.01. The highest BCUT2D eigenvalue weighted by Crippen LogP contribution is 2.22. The summed E-state index contributed by atoms with van der Waals surface area (Å²) >= 11 is 3.44. The summed E-state index contributed by atoms with van der Waals surface area (Å²) < 4.78 is 11.7. The number of aromatic nitrogens is 1. The average molecular weight is 282 g/mol. The molecule has 0 aliphatic rings. The van der Waals surface area contributed by atoms with Crippen LogP contribution in [0.25, 0.3) is 0 Å². The summed E-state index contributed by atoms with van der Waals surface area (Å²) in [6.07, 6.45) is 0. The first kappa shape index (κ1) is 11.2. The number of aryl methyl sites for hydroxylation is 2. The molecule has 0 aliphatic carbocycles. The first-order valence-corrected chi connectivity index (χ1v) is 5.75. The fourth-order valence-corrected chi connectivity index (χ4v) is 1.59. The highest BCUT2D eigenvalue weighted by Gasteiger charge is 2.03. The molecule has 84 valence electrons. The van der Waals surface area contributed by atoms with Gasteiger partial charge in [0.25, 0.3) is 0 Å². The van der Waals surface area contributed by atoms with Crippen LogP contribution in [-0.2, 0) is 6.61 Å². The summed E-state index contributed by atoms with van der Waals surface area (Å²) in [4.78, 5) is 0. The SMILES string of the molecule is Cc1cc(COc2ccc(Br)c(C)c2)on1. The van der Waals surface area contributed by atoms with Gasteiger partial charge in [0.15, 0.2) is 5.76 Å². The summed E-state index contributed by atoms with van der Waals surface area (Å²) in [7, 11) is 0. The topological polar surface area (TPSA) is 35.3 Å². The smallest absolute Gasteiger partial charge is 0.174 e. The van der Waals surface area contributed by atoms with Crippen molar-refractivity contribution >= 4 is 15.9 Å². The zero-order valence-electron chi connectivity index (χ0n) is 9.16. The molecule has 0 saturated carbocycles. The van der Waals surface area contributed by atoms with Crippen LogP contribution in [0.5, 0.6) is 5.75 Å². The van der Waals surface area contributed by atoms with Gasteiger partial charge in [-0.15, -0.1) is 0 Å². The lowest BCUT2D eigenvalue weighted by molar-refractivity contribution is 0.248. The van der Waals surface area contributed by atoms with Crippen molar-refractivity contribution in [3.05, 3.63) is 45.8 Å². The van der Waals surface area contributed by atoms with E-state index >= 15 is 0 Å². The molecule has 16 heavy (non-hydrogen) atoms. The Kier molecular flexibility index (Phi) is 3.29. The van der Waals surface area contributed by atoms with Crippen molar-refractivity contribution in [3.63, 3.8) is 0 Å². The lowest BCUT2D eigenvalue weighted by atomic mass is 10.2. The Bertz CT molecular complexity index is 494. The molecule has 0 atom stereocenters. The number of benzene rings is 1. The van der Waals surface area contributed by atoms with Gasteiger partial charge in [0.05, 0.1) is 5.69 Å². The van der Waals surface area contributed by atoms with E-state index in [0.717, 1.165) is 27.2 Å². The zero-order valence-corrected chi connectivity index (χ0v) is 10.7. The van der Waals surface area contributed by atoms with Gasteiger partial charge in [-0.25, -0.2) is 0 Å². The van der Waals surface area contributed by atoms with E-state index in [4.69, 9.17) is 9.26 Å².